The van der Waals surface area contributed by atoms with E-state index in [1.54, 1.807) is 18.3 Å². The molecule has 1 amide bonds. The summed E-state index contributed by atoms with van der Waals surface area (Å²) in [5, 5.41) is 0. The number of carbonyl (C=O) groups is 1. The summed E-state index contributed by atoms with van der Waals surface area (Å²) in [6.45, 7) is 8.96. The predicted molar refractivity (Wildman–Crippen MR) is 101 cm³/mol. The monoisotopic (exact) mass is 370 g/mol. The van der Waals surface area contributed by atoms with Gasteiger partial charge >= 0.3 is 0 Å². The average Bonchev–Trinajstić information content (AvgIpc) is 2.61. The number of pyridine rings is 1. The molecule has 0 N–H and O–H groups in total. The van der Waals surface area contributed by atoms with Crippen LogP contribution in [0.1, 0.15) is 48.6 Å². The lowest BCUT2D eigenvalue weighted by Gasteiger charge is -2.32. The fourth-order valence-electron chi connectivity index (χ4n) is 3.09. The van der Waals surface area contributed by atoms with Gasteiger partial charge in [0, 0.05) is 50.0 Å². The van der Waals surface area contributed by atoms with Gasteiger partial charge in [-0.15, -0.1) is 0 Å². The lowest BCUT2D eigenvalue weighted by atomic mass is 10.1. The van der Waals surface area contributed by atoms with Crippen LogP contribution in [0.5, 0.6) is 11.8 Å². The molecule has 27 heavy (non-hydrogen) atoms. The van der Waals surface area contributed by atoms with Gasteiger partial charge in [0.15, 0.2) is 0 Å². The number of likely N-dealkylation sites (tertiary alicyclic amines) is 1. The van der Waals surface area contributed by atoms with Crippen molar-refractivity contribution in [2.24, 2.45) is 0 Å². The summed E-state index contributed by atoms with van der Waals surface area (Å²) in [6.07, 6.45) is 3.24. The van der Waals surface area contributed by atoms with Crippen molar-refractivity contribution >= 4 is 5.91 Å². The van der Waals surface area contributed by atoms with E-state index in [-0.39, 0.29) is 18.1 Å². The maximum Gasteiger partial charge on any atom is 0.255 e. The van der Waals surface area contributed by atoms with E-state index in [1.165, 1.54) is 0 Å². The SMILES string of the molecule is Cc1cc(OC2CCN(C(=O)c3ccc(OC(C)C)nc3)CC2)nc(C)n1. The highest BCUT2D eigenvalue weighted by Gasteiger charge is 2.25. The molecule has 0 aromatic carbocycles. The maximum atomic E-state index is 12.7. The summed E-state index contributed by atoms with van der Waals surface area (Å²) in [5.41, 5.74) is 1.47. The third kappa shape index (κ3) is 5.15. The molecule has 0 aliphatic carbocycles. The van der Waals surface area contributed by atoms with Gasteiger partial charge in [-0.2, -0.15) is 4.98 Å². The van der Waals surface area contributed by atoms with Crippen molar-refractivity contribution in [2.45, 2.75) is 52.7 Å². The van der Waals surface area contributed by atoms with Crippen molar-refractivity contribution in [2.75, 3.05) is 13.1 Å². The van der Waals surface area contributed by atoms with Crippen LogP contribution in [0.25, 0.3) is 0 Å². The highest BCUT2D eigenvalue weighted by atomic mass is 16.5. The van der Waals surface area contributed by atoms with Crippen molar-refractivity contribution in [3.63, 3.8) is 0 Å². The number of piperidine rings is 1. The molecule has 2 aromatic heterocycles. The van der Waals surface area contributed by atoms with E-state index in [1.807, 2.05) is 38.7 Å². The summed E-state index contributed by atoms with van der Waals surface area (Å²) >= 11 is 0. The molecule has 2 aromatic rings. The van der Waals surface area contributed by atoms with Crippen molar-refractivity contribution in [3.8, 4) is 11.8 Å². The lowest BCUT2D eigenvalue weighted by Crippen LogP contribution is -2.41. The molecule has 1 aliphatic heterocycles. The van der Waals surface area contributed by atoms with E-state index in [0.29, 0.717) is 36.2 Å². The molecule has 0 bridgehead atoms. The van der Waals surface area contributed by atoms with Gasteiger partial charge < -0.3 is 14.4 Å². The normalized spacial score (nSPS) is 15.1. The minimum Gasteiger partial charge on any atom is -0.475 e. The Balaban J connectivity index is 1.54. The van der Waals surface area contributed by atoms with Crippen molar-refractivity contribution < 1.29 is 14.3 Å². The summed E-state index contributed by atoms with van der Waals surface area (Å²) in [5.74, 6) is 1.83. The highest BCUT2D eigenvalue weighted by molar-refractivity contribution is 5.94. The van der Waals surface area contributed by atoms with E-state index in [4.69, 9.17) is 9.47 Å². The fourth-order valence-corrected chi connectivity index (χ4v) is 3.09. The zero-order chi connectivity index (χ0) is 19.4. The number of aromatic nitrogens is 3. The molecule has 1 aliphatic rings. The van der Waals surface area contributed by atoms with E-state index < -0.39 is 0 Å². The van der Waals surface area contributed by atoms with Crippen LogP contribution in [0.15, 0.2) is 24.4 Å². The first kappa shape index (κ1) is 19.1. The number of aryl methyl sites for hydroxylation is 2. The first-order valence-corrected chi connectivity index (χ1v) is 9.31. The molecule has 0 unspecified atom stereocenters. The van der Waals surface area contributed by atoms with E-state index in [0.717, 1.165) is 18.5 Å². The second kappa shape index (κ2) is 8.33. The van der Waals surface area contributed by atoms with Crippen LogP contribution >= 0.6 is 0 Å². The molecule has 144 valence electrons. The molecule has 3 heterocycles. The Bertz CT molecular complexity index is 764. The fraction of sp³-hybridized carbons (Fsp3) is 0.500. The molecule has 1 saturated heterocycles. The molecular weight excluding hydrogens is 344 g/mol. The molecule has 0 spiro atoms. The smallest absolute Gasteiger partial charge is 0.255 e. The second-order valence-electron chi connectivity index (χ2n) is 7.06. The molecule has 1 fully saturated rings. The standard InChI is InChI=1S/C20H26N4O3/c1-13(2)26-18-6-5-16(12-21-18)20(25)24-9-7-17(8-10-24)27-19-11-14(3)22-15(4)23-19/h5-6,11-13,17H,7-10H2,1-4H3. The average molecular weight is 370 g/mol. The van der Waals surface area contributed by atoms with Gasteiger partial charge in [0.25, 0.3) is 5.91 Å². The van der Waals surface area contributed by atoms with Crippen LogP contribution < -0.4 is 9.47 Å². The quantitative estimate of drug-likeness (QED) is 0.805. The topological polar surface area (TPSA) is 77.4 Å². The van der Waals surface area contributed by atoms with E-state index >= 15 is 0 Å². The number of rotatable bonds is 5. The minimum atomic E-state index is -0.00854. The first-order valence-electron chi connectivity index (χ1n) is 9.31. The van der Waals surface area contributed by atoms with E-state index in [2.05, 4.69) is 15.0 Å². The Morgan fingerprint density at radius 2 is 1.89 bits per heavy atom. The highest BCUT2D eigenvalue weighted by Crippen LogP contribution is 2.20. The number of hydrogen-bond acceptors (Lipinski definition) is 6. The lowest BCUT2D eigenvalue weighted by molar-refractivity contribution is 0.0587. The van der Waals surface area contributed by atoms with Crippen LogP contribution in [-0.4, -0.2) is 51.1 Å². The summed E-state index contributed by atoms with van der Waals surface area (Å²) < 4.78 is 11.5. The van der Waals surface area contributed by atoms with Gasteiger partial charge in [-0.1, -0.05) is 0 Å². The number of hydrogen-bond donors (Lipinski definition) is 0. The van der Waals surface area contributed by atoms with Gasteiger partial charge in [-0.05, 0) is 33.8 Å². The van der Waals surface area contributed by atoms with Crippen molar-refractivity contribution in [1.82, 2.24) is 19.9 Å². The Hall–Kier alpha value is -2.70. The van der Waals surface area contributed by atoms with Crippen molar-refractivity contribution in [1.29, 1.82) is 0 Å². The molecule has 0 saturated carbocycles. The maximum absolute atomic E-state index is 12.7. The van der Waals surface area contributed by atoms with Gasteiger partial charge in [0.2, 0.25) is 11.8 Å². The number of amides is 1. The summed E-state index contributed by atoms with van der Waals surface area (Å²) in [6, 6.07) is 5.35. The zero-order valence-corrected chi connectivity index (χ0v) is 16.3. The molecule has 0 radical (unpaired) electrons. The number of nitrogens with zero attached hydrogens (tertiary/aromatic N) is 4. The molecule has 7 nitrogen and oxygen atoms in total. The van der Waals surface area contributed by atoms with Gasteiger partial charge in [0.05, 0.1) is 11.7 Å². The van der Waals surface area contributed by atoms with Crippen LogP contribution in [0.2, 0.25) is 0 Å². The van der Waals surface area contributed by atoms with E-state index in [9.17, 15) is 4.79 Å². The zero-order valence-electron chi connectivity index (χ0n) is 16.3. The van der Waals surface area contributed by atoms with Crippen LogP contribution in [0.4, 0.5) is 0 Å². The van der Waals surface area contributed by atoms with Gasteiger partial charge in [-0.25, -0.2) is 9.97 Å². The predicted octanol–water partition coefficient (Wildman–Crippen LogP) is 2.96. The Morgan fingerprint density at radius 3 is 2.48 bits per heavy atom. The van der Waals surface area contributed by atoms with Crippen LogP contribution in [-0.2, 0) is 0 Å². The molecule has 7 heteroatoms. The Morgan fingerprint density at radius 1 is 1.15 bits per heavy atom. The summed E-state index contributed by atoms with van der Waals surface area (Å²) in [4.78, 5) is 27.3. The minimum absolute atomic E-state index is 0.00854. The number of carbonyl (C=O) groups excluding carboxylic acids is 1. The Labute approximate surface area is 159 Å². The largest absolute Gasteiger partial charge is 0.475 e. The first-order chi connectivity index (χ1) is 12.9. The third-order valence-corrected chi connectivity index (χ3v) is 4.30. The Kier molecular flexibility index (Phi) is 5.88. The number of ether oxygens (including phenoxy) is 2. The van der Waals surface area contributed by atoms with Crippen molar-refractivity contribution in [3.05, 3.63) is 41.5 Å². The van der Waals surface area contributed by atoms with Crippen LogP contribution in [0.3, 0.4) is 0 Å². The van der Waals surface area contributed by atoms with Crippen LogP contribution in [0, 0.1) is 13.8 Å². The second-order valence-corrected chi connectivity index (χ2v) is 7.06. The molecular formula is C20H26N4O3. The molecule has 0 atom stereocenters. The molecule has 3 rings (SSSR count). The third-order valence-electron chi connectivity index (χ3n) is 4.30. The summed E-state index contributed by atoms with van der Waals surface area (Å²) in [7, 11) is 0. The van der Waals surface area contributed by atoms with Gasteiger partial charge in [0.1, 0.15) is 11.9 Å². The van der Waals surface area contributed by atoms with Gasteiger partial charge in [-0.3, -0.25) is 4.79 Å².